The molecule has 1 heterocycles. The third-order valence-electron chi connectivity index (χ3n) is 3.86. The number of aryl methyl sites for hydroxylation is 1. The van der Waals surface area contributed by atoms with Crippen molar-refractivity contribution in [3.05, 3.63) is 45.6 Å². The van der Waals surface area contributed by atoms with Crippen molar-refractivity contribution in [3.8, 4) is 5.88 Å². The first-order valence-corrected chi connectivity index (χ1v) is 9.30. The molecule has 0 radical (unpaired) electrons. The van der Waals surface area contributed by atoms with E-state index in [4.69, 9.17) is 4.74 Å². The van der Waals surface area contributed by atoms with Gasteiger partial charge in [-0.15, -0.1) is 0 Å². The largest absolute Gasteiger partial charge is 0.404 e. The number of esters is 1. The molecule has 0 atom stereocenters. The third kappa shape index (κ3) is 3.53. The van der Waals surface area contributed by atoms with Crippen molar-refractivity contribution in [2.45, 2.75) is 23.7 Å². The Hall–Kier alpha value is -2.75. The molecule has 1 aliphatic carbocycles. The van der Waals surface area contributed by atoms with Crippen molar-refractivity contribution >= 4 is 21.5 Å². The molecule has 0 bridgehead atoms. The van der Waals surface area contributed by atoms with Gasteiger partial charge in [0.2, 0.25) is 5.88 Å². The fourth-order valence-corrected chi connectivity index (χ4v) is 3.00. The topological polar surface area (TPSA) is 121 Å². The molecule has 2 aromatic rings. The van der Waals surface area contributed by atoms with Crippen LogP contribution in [0.5, 0.6) is 5.88 Å². The minimum Gasteiger partial charge on any atom is -0.404 e. The first-order valence-electron chi connectivity index (χ1n) is 7.41. The van der Waals surface area contributed by atoms with E-state index in [-0.39, 0.29) is 16.3 Å². The summed E-state index contributed by atoms with van der Waals surface area (Å²) in [5.41, 5.74) is -0.142. The maximum absolute atomic E-state index is 12.3. The number of sulfone groups is 1. The number of nitro benzene ring substituents is 1. The van der Waals surface area contributed by atoms with Gasteiger partial charge in [-0.05, 0) is 25.0 Å². The Morgan fingerprint density at radius 1 is 1.36 bits per heavy atom. The van der Waals surface area contributed by atoms with Crippen LogP contribution in [0.15, 0.2) is 29.2 Å². The van der Waals surface area contributed by atoms with Crippen LogP contribution in [0.1, 0.15) is 34.8 Å². The molecule has 1 aromatic heterocycles. The van der Waals surface area contributed by atoms with Crippen molar-refractivity contribution in [2.75, 3.05) is 6.26 Å². The molecule has 9 nitrogen and oxygen atoms in total. The summed E-state index contributed by atoms with van der Waals surface area (Å²) in [5.74, 6) is -0.410. The zero-order chi connectivity index (χ0) is 18.4. The lowest BCUT2D eigenvalue weighted by Gasteiger charge is -2.06. The van der Waals surface area contributed by atoms with Crippen LogP contribution < -0.4 is 4.74 Å². The van der Waals surface area contributed by atoms with E-state index in [1.807, 2.05) is 0 Å². The Bertz CT molecular complexity index is 975. The smallest absolute Gasteiger partial charge is 0.351 e. The van der Waals surface area contributed by atoms with Crippen molar-refractivity contribution in [1.29, 1.82) is 0 Å². The normalized spacial score (nSPS) is 14.3. The minimum absolute atomic E-state index is 0.174. The van der Waals surface area contributed by atoms with Crippen molar-refractivity contribution in [2.24, 2.45) is 7.05 Å². The lowest BCUT2D eigenvalue weighted by molar-refractivity contribution is -0.385. The number of ether oxygens (including phenoxy) is 1. The lowest BCUT2D eigenvalue weighted by Crippen LogP contribution is -2.13. The molecule has 3 rings (SSSR count). The van der Waals surface area contributed by atoms with E-state index >= 15 is 0 Å². The SMILES string of the molecule is Cn1nc(C2CC2)cc1OC(=O)c1ccc(S(C)(=O)=O)cc1[N+](=O)[O-]. The van der Waals surface area contributed by atoms with Crippen LogP contribution in [0.2, 0.25) is 0 Å². The highest BCUT2D eigenvalue weighted by molar-refractivity contribution is 7.90. The number of benzene rings is 1. The monoisotopic (exact) mass is 365 g/mol. The molecule has 25 heavy (non-hydrogen) atoms. The van der Waals surface area contributed by atoms with Crippen molar-refractivity contribution in [3.63, 3.8) is 0 Å². The highest BCUT2D eigenvalue weighted by Gasteiger charge is 2.29. The third-order valence-corrected chi connectivity index (χ3v) is 4.97. The van der Waals surface area contributed by atoms with Gasteiger partial charge in [0.1, 0.15) is 5.56 Å². The number of carbonyl (C=O) groups excluding carboxylic acids is 1. The second-order valence-corrected chi connectivity index (χ2v) is 7.92. The molecular weight excluding hydrogens is 350 g/mol. The van der Waals surface area contributed by atoms with Gasteiger partial charge >= 0.3 is 5.97 Å². The number of nitro groups is 1. The molecular formula is C15H15N3O6S. The molecule has 10 heteroatoms. The average Bonchev–Trinajstić information content (AvgIpc) is 3.31. The molecule has 0 N–H and O–H groups in total. The molecule has 0 saturated heterocycles. The van der Waals surface area contributed by atoms with Crippen LogP contribution in [0.3, 0.4) is 0 Å². The molecule has 1 fully saturated rings. The molecule has 0 unspecified atom stereocenters. The molecule has 0 amide bonds. The van der Waals surface area contributed by atoms with Crippen molar-refractivity contribution in [1.82, 2.24) is 9.78 Å². The van der Waals surface area contributed by atoms with Crippen molar-refractivity contribution < 1.29 is 22.9 Å². The highest BCUT2D eigenvalue weighted by atomic mass is 32.2. The van der Waals surface area contributed by atoms with E-state index in [0.29, 0.717) is 5.92 Å². The first kappa shape index (κ1) is 17.1. The van der Waals surface area contributed by atoms with Gasteiger partial charge in [-0.2, -0.15) is 5.10 Å². The minimum atomic E-state index is -3.64. The quantitative estimate of drug-likeness (QED) is 0.450. The van der Waals surface area contributed by atoms with E-state index in [1.54, 1.807) is 13.1 Å². The summed E-state index contributed by atoms with van der Waals surface area (Å²) in [7, 11) is -2.03. The Balaban J connectivity index is 1.92. The molecule has 1 saturated carbocycles. The van der Waals surface area contributed by atoms with Crippen LogP contribution in [0.4, 0.5) is 5.69 Å². The van der Waals surface area contributed by atoms with Gasteiger partial charge in [0.15, 0.2) is 9.84 Å². The second-order valence-electron chi connectivity index (χ2n) is 5.90. The zero-order valence-corrected chi connectivity index (χ0v) is 14.3. The Morgan fingerprint density at radius 2 is 2.04 bits per heavy atom. The summed E-state index contributed by atoms with van der Waals surface area (Å²) in [5, 5.41) is 15.5. The molecule has 1 aliphatic rings. The Kier molecular flexibility index (Phi) is 4.07. The van der Waals surface area contributed by atoms with E-state index in [0.717, 1.165) is 43.0 Å². The van der Waals surface area contributed by atoms with Crippen LogP contribution >= 0.6 is 0 Å². The number of hydrogen-bond donors (Lipinski definition) is 0. The highest BCUT2D eigenvalue weighted by Crippen LogP contribution is 2.40. The zero-order valence-electron chi connectivity index (χ0n) is 13.5. The van der Waals surface area contributed by atoms with E-state index in [1.165, 1.54) is 4.68 Å². The van der Waals surface area contributed by atoms with Gasteiger partial charge in [0.25, 0.3) is 5.69 Å². The van der Waals surface area contributed by atoms with Gasteiger partial charge in [-0.25, -0.2) is 17.9 Å². The number of carbonyl (C=O) groups is 1. The van der Waals surface area contributed by atoms with Crippen LogP contribution in [0.25, 0.3) is 0 Å². The van der Waals surface area contributed by atoms with Gasteiger partial charge in [0.05, 0.1) is 15.5 Å². The standard InChI is InChI=1S/C15H15N3O6S/c1-17-14(8-12(16-17)9-3-4-9)24-15(19)11-6-5-10(25(2,22)23)7-13(11)18(20)21/h5-9H,3-4H2,1-2H3. The Morgan fingerprint density at radius 3 is 2.60 bits per heavy atom. The maximum Gasteiger partial charge on any atom is 0.351 e. The second kappa shape index (κ2) is 5.96. The van der Waals surface area contributed by atoms with E-state index < -0.39 is 26.4 Å². The molecule has 0 aliphatic heterocycles. The predicted molar refractivity (Wildman–Crippen MR) is 86.3 cm³/mol. The molecule has 0 spiro atoms. The Labute approximate surface area is 143 Å². The van der Waals surface area contributed by atoms with Gasteiger partial charge in [-0.1, -0.05) is 0 Å². The van der Waals surface area contributed by atoms with E-state index in [9.17, 15) is 23.3 Å². The van der Waals surface area contributed by atoms with Gasteiger partial charge < -0.3 is 4.74 Å². The molecule has 1 aromatic carbocycles. The van der Waals surface area contributed by atoms with Crippen LogP contribution in [0, 0.1) is 10.1 Å². The maximum atomic E-state index is 12.3. The fraction of sp³-hybridized carbons (Fsp3) is 0.333. The van der Waals surface area contributed by atoms with Gasteiger partial charge in [-0.3, -0.25) is 10.1 Å². The average molecular weight is 365 g/mol. The summed E-state index contributed by atoms with van der Waals surface area (Å²) in [6.45, 7) is 0. The summed E-state index contributed by atoms with van der Waals surface area (Å²) in [6, 6.07) is 4.70. The summed E-state index contributed by atoms with van der Waals surface area (Å²) in [6.07, 6.45) is 2.99. The fourth-order valence-electron chi connectivity index (χ4n) is 2.36. The number of aromatic nitrogens is 2. The predicted octanol–water partition coefficient (Wildman–Crippen LogP) is 1.83. The number of rotatable bonds is 5. The summed E-state index contributed by atoms with van der Waals surface area (Å²) >= 11 is 0. The lowest BCUT2D eigenvalue weighted by atomic mass is 10.2. The summed E-state index contributed by atoms with van der Waals surface area (Å²) < 4.78 is 29.7. The number of hydrogen-bond acceptors (Lipinski definition) is 7. The van der Waals surface area contributed by atoms with Crippen LogP contribution in [-0.4, -0.2) is 35.3 Å². The van der Waals surface area contributed by atoms with Gasteiger partial charge in [0, 0.05) is 31.4 Å². The molecule has 132 valence electrons. The number of nitrogens with zero attached hydrogens (tertiary/aromatic N) is 3. The van der Waals surface area contributed by atoms with Crippen LogP contribution in [-0.2, 0) is 16.9 Å². The first-order chi connectivity index (χ1) is 11.7. The summed E-state index contributed by atoms with van der Waals surface area (Å²) in [4.78, 5) is 22.5. The van der Waals surface area contributed by atoms with E-state index in [2.05, 4.69) is 5.10 Å².